The normalized spacial score (nSPS) is 20.3. The third kappa shape index (κ3) is 3.52. The summed E-state index contributed by atoms with van der Waals surface area (Å²) < 4.78 is 6.35. The molecule has 0 saturated carbocycles. The minimum Gasteiger partial charge on any atom is -0.373 e. The van der Waals surface area contributed by atoms with Crippen LogP contribution in [0.3, 0.4) is 0 Å². The van der Waals surface area contributed by atoms with Gasteiger partial charge in [-0.25, -0.2) is 9.97 Å². The number of benzene rings is 1. The topological polar surface area (TPSA) is 69.8 Å². The van der Waals surface area contributed by atoms with Crippen LogP contribution in [0.1, 0.15) is 29.2 Å². The number of nitrogens with one attached hydrogen (secondary N) is 2. The van der Waals surface area contributed by atoms with Gasteiger partial charge >= 0.3 is 0 Å². The maximum absolute atomic E-state index is 6.35. The van der Waals surface area contributed by atoms with Crippen molar-refractivity contribution >= 4 is 51.2 Å². The van der Waals surface area contributed by atoms with E-state index in [1.165, 1.54) is 11.3 Å². The molecule has 4 aliphatic rings. The van der Waals surface area contributed by atoms with Crippen molar-refractivity contribution in [1.29, 1.82) is 0 Å². The number of H-pyrrole nitrogens is 2. The van der Waals surface area contributed by atoms with Crippen LogP contribution in [-0.2, 0) is 4.74 Å². The van der Waals surface area contributed by atoms with E-state index in [2.05, 4.69) is 106 Å². The molecule has 4 aliphatic heterocycles. The second kappa shape index (κ2) is 8.05. The summed E-state index contributed by atoms with van der Waals surface area (Å²) in [5.74, 6) is 0.427. The lowest BCUT2D eigenvalue weighted by atomic mass is 9.87. The molecular weight excluding hydrogens is 458 g/mol. The zero-order valence-corrected chi connectivity index (χ0v) is 20.2. The molecular formula is C31H25N5O. The van der Waals surface area contributed by atoms with Crippen molar-refractivity contribution in [3.63, 3.8) is 0 Å². The Morgan fingerprint density at radius 1 is 0.730 bits per heavy atom. The first kappa shape index (κ1) is 20.7. The van der Waals surface area contributed by atoms with Crippen LogP contribution in [0.2, 0.25) is 0 Å². The fourth-order valence-corrected chi connectivity index (χ4v) is 5.95. The number of rotatable bonds is 1. The van der Waals surface area contributed by atoms with Crippen LogP contribution < -0.4 is 4.90 Å². The number of fused-ring (bicyclic) bond motifs is 12. The third-order valence-corrected chi connectivity index (χ3v) is 7.60. The predicted molar refractivity (Wildman–Crippen MR) is 148 cm³/mol. The van der Waals surface area contributed by atoms with Crippen LogP contribution in [0.4, 0.5) is 5.69 Å². The Morgan fingerprint density at radius 2 is 1.43 bits per heavy atom. The number of hydrogen-bond donors (Lipinski definition) is 2. The van der Waals surface area contributed by atoms with Gasteiger partial charge in [-0.15, -0.1) is 0 Å². The molecule has 7 heterocycles. The highest BCUT2D eigenvalue weighted by molar-refractivity contribution is 6.01. The highest BCUT2D eigenvalue weighted by Gasteiger charge is 2.43. The van der Waals surface area contributed by atoms with Gasteiger partial charge < -0.3 is 19.6 Å². The molecule has 1 saturated heterocycles. The van der Waals surface area contributed by atoms with Crippen LogP contribution in [0.25, 0.3) is 45.5 Å². The number of ether oxygens (including phenoxy) is 1. The zero-order chi connectivity index (χ0) is 24.3. The van der Waals surface area contributed by atoms with Gasteiger partial charge in [0.15, 0.2) is 0 Å². The molecule has 6 nitrogen and oxygen atoms in total. The molecule has 3 aromatic heterocycles. The second-order valence-corrected chi connectivity index (χ2v) is 10.0. The smallest absolute Gasteiger partial charge is 0.0913 e. The Hall–Kier alpha value is -4.42. The molecule has 0 amide bonds. The van der Waals surface area contributed by atoms with Crippen molar-refractivity contribution in [3.8, 4) is 0 Å². The summed E-state index contributed by atoms with van der Waals surface area (Å²) in [6.45, 7) is 1.70. The lowest BCUT2D eigenvalue weighted by Crippen LogP contribution is -2.38. The molecule has 0 aliphatic carbocycles. The summed E-state index contributed by atoms with van der Waals surface area (Å²) in [5.41, 5.74) is 11.3. The molecule has 0 spiro atoms. The van der Waals surface area contributed by atoms with Gasteiger partial charge in [0.2, 0.25) is 0 Å². The lowest BCUT2D eigenvalue weighted by molar-refractivity contribution is 0.135. The van der Waals surface area contributed by atoms with E-state index < -0.39 is 0 Å². The van der Waals surface area contributed by atoms with Gasteiger partial charge in [0.25, 0.3) is 0 Å². The van der Waals surface area contributed by atoms with E-state index in [-0.39, 0.29) is 6.10 Å². The standard InChI is InChI=1S/C31H25N5O/c1-2-4-26(5-3-1)36-18-19-12-13-37-31(19)29-27-16-24-10-8-22(33-24)14-20-6-7-21(32-20)15-23-9-11-25(34-23)17-28(35-27)30(29)36/h1-11,14-17,19,31-32,34H,12-13,18H2. The van der Waals surface area contributed by atoms with Gasteiger partial charge in [0, 0.05) is 52.4 Å². The minimum atomic E-state index is 0.0449. The van der Waals surface area contributed by atoms with E-state index in [9.17, 15) is 0 Å². The van der Waals surface area contributed by atoms with Crippen molar-refractivity contribution < 1.29 is 4.74 Å². The van der Waals surface area contributed by atoms with E-state index in [0.29, 0.717) is 5.92 Å². The molecule has 1 fully saturated rings. The molecule has 2 N–H and O–H groups in total. The summed E-state index contributed by atoms with van der Waals surface area (Å²) in [4.78, 5) is 19.5. The van der Waals surface area contributed by atoms with E-state index in [1.807, 2.05) is 0 Å². The second-order valence-electron chi connectivity index (χ2n) is 10.0. The number of nitrogens with zero attached hydrogens (tertiary/aromatic N) is 3. The highest BCUT2D eigenvalue weighted by atomic mass is 16.5. The maximum atomic E-state index is 6.35. The van der Waals surface area contributed by atoms with Crippen molar-refractivity contribution in [2.24, 2.45) is 5.92 Å². The van der Waals surface area contributed by atoms with Crippen LogP contribution in [0.5, 0.6) is 0 Å². The number of aromatic amines is 2. The van der Waals surface area contributed by atoms with E-state index in [4.69, 9.17) is 14.7 Å². The average molecular weight is 484 g/mol. The minimum absolute atomic E-state index is 0.0449. The summed E-state index contributed by atoms with van der Waals surface area (Å²) in [6.07, 6.45) is 5.21. The molecule has 8 rings (SSSR count). The fourth-order valence-electron chi connectivity index (χ4n) is 5.95. The molecule has 8 bridgehead atoms. The summed E-state index contributed by atoms with van der Waals surface area (Å²) in [7, 11) is 0. The summed E-state index contributed by atoms with van der Waals surface area (Å²) >= 11 is 0. The maximum Gasteiger partial charge on any atom is 0.0913 e. The number of para-hydroxylation sites is 1. The van der Waals surface area contributed by atoms with Gasteiger partial charge in [-0.1, -0.05) is 18.2 Å². The van der Waals surface area contributed by atoms with Gasteiger partial charge in [-0.05, 0) is 79.2 Å². The molecule has 1 aromatic carbocycles. The van der Waals surface area contributed by atoms with Crippen molar-refractivity contribution in [3.05, 3.63) is 102 Å². The monoisotopic (exact) mass is 483 g/mol. The fraction of sp³-hybridized carbons (Fsp3) is 0.161. The Labute approximate surface area is 214 Å². The van der Waals surface area contributed by atoms with E-state index in [1.54, 1.807) is 0 Å². The molecule has 2 unspecified atom stereocenters. The van der Waals surface area contributed by atoms with Crippen LogP contribution in [-0.4, -0.2) is 39.2 Å². The van der Waals surface area contributed by atoms with Crippen LogP contribution >= 0.6 is 0 Å². The van der Waals surface area contributed by atoms with Gasteiger partial charge in [-0.2, -0.15) is 0 Å². The zero-order valence-electron chi connectivity index (χ0n) is 20.2. The molecule has 37 heavy (non-hydrogen) atoms. The quantitative estimate of drug-likeness (QED) is 0.294. The first-order valence-electron chi connectivity index (χ1n) is 12.8. The number of anilines is 1. The van der Waals surface area contributed by atoms with Crippen molar-refractivity contribution in [2.75, 3.05) is 18.1 Å². The first-order valence-corrected chi connectivity index (χ1v) is 12.8. The Morgan fingerprint density at radius 3 is 2.22 bits per heavy atom. The molecule has 2 atom stereocenters. The van der Waals surface area contributed by atoms with Crippen LogP contribution in [0, 0.1) is 5.92 Å². The number of hydrogen-bond acceptors (Lipinski definition) is 4. The van der Waals surface area contributed by atoms with Crippen molar-refractivity contribution in [1.82, 2.24) is 19.9 Å². The Kier molecular flexibility index (Phi) is 4.51. The third-order valence-electron chi connectivity index (χ3n) is 7.60. The van der Waals surface area contributed by atoms with E-state index >= 15 is 0 Å². The number of aromatic nitrogens is 4. The van der Waals surface area contributed by atoms with Crippen LogP contribution in [0.15, 0.2) is 78.9 Å². The Balaban J connectivity index is 1.44. The van der Waals surface area contributed by atoms with Gasteiger partial charge in [0.1, 0.15) is 0 Å². The first-order chi connectivity index (χ1) is 18.3. The van der Waals surface area contributed by atoms with Crippen molar-refractivity contribution in [2.45, 2.75) is 12.5 Å². The average Bonchev–Trinajstić information content (AvgIpc) is 3.73. The molecule has 6 heteroatoms. The Bertz CT molecular complexity index is 1760. The molecule has 4 aromatic rings. The SMILES string of the molecule is C1=Cc2cc3ccc(cc4ccc(cc5nc(cc1n2)C1=C5N(c2ccccc2)CC2CCOC12)[nH]4)[nH]3. The van der Waals surface area contributed by atoms with Gasteiger partial charge in [0.05, 0.1) is 34.6 Å². The largest absolute Gasteiger partial charge is 0.373 e. The molecule has 180 valence electrons. The van der Waals surface area contributed by atoms with E-state index in [0.717, 1.165) is 70.1 Å². The summed E-state index contributed by atoms with van der Waals surface area (Å²) in [6, 6.07) is 27.5. The molecule has 0 radical (unpaired) electrons. The van der Waals surface area contributed by atoms with Gasteiger partial charge in [-0.3, -0.25) is 0 Å². The lowest BCUT2D eigenvalue weighted by Gasteiger charge is -2.37. The highest BCUT2D eigenvalue weighted by Crippen LogP contribution is 2.47. The predicted octanol–water partition coefficient (Wildman–Crippen LogP) is 6.28. The summed E-state index contributed by atoms with van der Waals surface area (Å²) in [5, 5.41) is 0.